The van der Waals surface area contributed by atoms with Crippen molar-refractivity contribution in [3.8, 4) is 5.75 Å². The highest BCUT2D eigenvalue weighted by Crippen LogP contribution is 2.24. The Hall–Kier alpha value is -1.86. The van der Waals surface area contributed by atoms with E-state index in [0.717, 1.165) is 43.6 Å². The number of nitrogens with one attached hydrogen (secondary N) is 1. The third kappa shape index (κ3) is 4.35. The van der Waals surface area contributed by atoms with Gasteiger partial charge in [0.1, 0.15) is 11.9 Å². The number of rotatable bonds is 4. The minimum Gasteiger partial charge on any atom is -0.489 e. The van der Waals surface area contributed by atoms with E-state index in [-0.39, 0.29) is 11.7 Å². The molecule has 1 aliphatic heterocycles. The number of halogens is 1. The summed E-state index contributed by atoms with van der Waals surface area (Å²) in [6, 6.07) is 14.3. The summed E-state index contributed by atoms with van der Waals surface area (Å²) >= 11 is 2.43. The van der Waals surface area contributed by atoms with Crippen molar-refractivity contribution >= 4 is 33.4 Å². The van der Waals surface area contributed by atoms with Crippen LogP contribution in [0.1, 0.15) is 24.0 Å². The van der Waals surface area contributed by atoms with Gasteiger partial charge in [-0.25, -0.2) is 0 Å². The summed E-state index contributed by atoms with van der Waals surface area (Å²) in [4.78, 5) is 17.0. The number of fused-ring (bicyclic) bond motifs is 1. The van der Waals surface area contributed by atoms with Crippen LogP contribution in [0.25, 0.3) is 10.8 Å². The van der Waals surface area contributed by atoms with E-state index in [1.807, 2.05) is 24.3 Å². The molecular formula is C22H23IN2O2. The number of aromatic amines is 1. The molecule has 0 amide bonds. The summed E-state index contributed by atoms with van der Waals surface area (Å²) in [6.45, 7) is 5.13. The third-order valence-corrected chi connectivity index (χ3v) is 6.12. The Bertz CT molecular complexity index is 1010. The number of benzene rings is 2. The van der Waals surface area contributed by atoms with E-state index in [0.29, 0.717) is 5.39 Å². The lowest BCUT2D eigenvalue weighted by Crippen LogP contribution is -2.40. The van der Waals surface area contributed by atoms with Crippen LogP contribution in [0.4, 0.5) is 0 Å². The van der Waals surface area contributed by atoms with Gasteiger partial charge in [-0.2, -0.15) is 0 Å². The highest BCUT2D eigenvalue weighted by Gasteiger charge is 2.22. The molecule has 4 rings (SSSR count). The van der Waals surface area contributed by atoms with E-state index in [2.05, 4.69) is 57.6 Å². The fourth-order valence-electron chi connectivity index (χ4n) is 3.71. The van der Waals surface area contributed by atoms with Crippen molar-refractivity contribution < 1.29 is 4.74 Å². The van der Waals surface area contributed by atoms with Gasteiger partial charge in [0.2, 0.25) is 0 Å². The lowest BCUT2D eigenvalue weighted by molar-refractivity contribution is 0.0843. The molecule has 1 aromatic heterocycles. The quantitative estimate of drug-likeness (QED) is 0.568. The Balaban J connectivity index is 1.44. The molecule has 3 aromatic rings. The minimum absolute atomic E-state index is 0.0596. The Morgan fingerprint density at radius 3 is 2.96 bits per heavy atom. The minimum atomic E-state index is -0.0596. The maximum absolute atomic E-state index is 11.8. The molecule has 0 radical (unpaired) electrons. The number of nitrogens with zero attached hydrogens (tertiary/aromatic N) is 1. The standard InChI is InChI=1S/C22H23IN2O2/c1-15-4-5-17(21(23)11-15)13-25-10-2-3-19(14-25)27-18-6-7-20-16(12-18)8-9-24-22(20)26/h4-9,11-12,19H,2-3,10,13-14H2,1H3,(H,24,26). The largest absolute Gasteiger partial charge is 0.489 e. The summed E-state index contributed by atoms with van der Waals surface area (Å²) in [7, 11) is 0. The molecule has 1 N–H and O–H groups in total. The molecule has 27 heavy (non-hydrogen) atoms. The molecule has 4 nitrogen and oxygen atoms in total. The number of likely N-dealkylation sites (tertiary alicyclic amines) is 1. The predicted octanol–water partition coefficient (Wildman–Crippen LogP) is 4.48. The number of piperidine rings is 1. The van der Waals surface area contributed by atoms with Crippen molar-refractivity contribution in [1.29, 1.82) is 0 Å². The molecule has 0 spiro atoms. The van der Waals surface area contributed by atoms with Crippen molar-refractivity contribution in [1.82, 2.24) is 9.88 Å². The fourth-order valence-corrected chi connectivity index (χ4v) is 4.55. The lowest BCUT2D eigenvalue weighted by atomic mass is 10.1. The first kappa shape index (κ1) is 18.5. The second-order valence-corrected chi connectivity index (χ2v) is 8.43. The fraction of sp³-hybridized carbons (Fsp3) is 0.318. The third-order valence-electron chi connectivity index (χ3n) is 5.11. The molecule has 1 aliphatic rings. The van der Waals surface area contributed by atoms with E-state index in [1.54, 1.807) is 6.20 Å². The van der Waals surface area contributed by atoms with E-state index in [4.69, 9.17) is 4.74 Å². The second kappa shape index (κ2) is 8.02. The van der Waals surface area contributed by atoms with Crippen molar-refractivity contribution in [2.75, 3.05) is 13.1 Å². The number of aromatic nitrogens is 1. The normalized spacial score (nSPS) is 17.9. The first-order valence-corrected chi connectivity index (χ1v) is 10.4. The smallest absolute Gasteiger partial charge is 0.255 e. The van der Waals surface area contributed by atoms with Gasteiger partial charge in [0.15, 0.2) is 0 Å². The summed E-state index contributed by atoms with van der Waals surface area (Å²) in [5, 5.41) is 1.61. The molecule has 1 unspecified atom stereocenters. The van der Waals surface area contributed by atoms with Gasteiger partial charge in [-0.15, -0.1) is 0 Å². The Labute approximate surface area is 172 Å². The molecule has 0 saturated carbocycles. The maximum atomic E-state index is 11.8. The number of pyridine rings is 1. The molecule has 1 saturated heterocycles. The molecule has 2 heterocycles. The number of hydrogen-bond acceptors (Lipinski definition) is 3. The van der Waals surface area contributed by atoms with Gasteiger partial charge in [0, 0.05) is 28.2 Å². The maximum Gasteiger partial charge on any atom is 0.255 e. The number of H-pyrrole nitrogens is 1. The summed E-state index contributed by atoms with van der Waals surface area (Å²) < 4.78 is 7.59. The Kier molecular flexibility index (Phi) is 5.50. The van der Waals surface area contributed by atoms with Crippen LogP contribution in [-0.4, -0.2) is 29.1 Å². The lowest BCUT2D eigenvalue weighted by Gasteiger charge is -2.33. The van der Waals surface area contributed by atoms with E-state index < -0.39 is 0 Å². The first-order valence-electron chi connectivity index (χ1n) is 9.34. The van der Waals surface area contributed by atoms with Crippen LogP contribution in [0.3, 0.4) is 0 Å². The van der Waals surface area contributed by atoms with E-state index >= 15 is 0 Å². The average molecular weight is 474 g/mol. The zero-order chi connectivity index (χ0) is 18.8. The molecule has 5 heteroatoms. The SMILES string of the molecule is Cc1ccc(CN2CCCC(Oc3ccc4c(=O)[nH]ccc4c3)C2)c(I)c1. The van der Waals surface area contributed by atoms with Crippen LogP contribution in [-0.2, 0) is 6.54 Å². The molecular weight excluding hydrogens is 451 g/mol. The van der Waals surface area contributed by atoms with Crippen molar-refractivity contribution in [2.45, 2.75) is 32.4 Å². The van der Waals surface area contributed by atoms with E-state index in [9.17, 15) is 4.79 Å². The highest BCUT2D eigenvalue weighted by molar-refractivity contribution is 14.1. The molecule has 0 bridgehead atoms. The Morgan fingerprint density at radius 2 is 2.11 bits per heavy atom. The number of aryl methyl sites for hydroxylation is 1. The molecule has 0 aliphatic carbocycles. The summed E-state index contributed by atoms with van der Waals surface area (Å²) in [6.07, 6.45) is 4.07. The summed E-state index contributed by atoms with van der Waals surface area (Å²) in [5.41, 5.74) is 2.63. The van der Waals surface area contributed by atoms with Crippen molar-refractivity contribution in [3.63, 3.8) is 0 Å². The Morgan fingerprint density at radius 1 is 1.22 bits per heavy atom. The van der Waals surface area contributed by atoms with Gasteiger partial charge in [-0.1, -0.05) is 17.7 Å². The van der Waals surface area contributed by atoms with Gasteiger partial charge in [0.05, 0.1) is 0 Å². The van der Waals surface area contributed by atoms with Crippen molar-refractivity contribution in [2.24, 2.45) is 0 Å². The van der Waals surface area contributed by atoms with Gasteiger partial charge in [-0.3, -0.25) is 9.69 Å². The van der Waals surface area contributed by atoms with Crippen molar-refractivity contribution in [3.05, 3.63) is 73.7 Å². The molecule has 1 fully saturated rings. The van der Waals surface area contributed by atoms with Gasteiger partial charge < -0.3 is 9.72 Å². The van der Waals surface area contributed by atoms with E-state index in [1.165, 1.54) is 14.7 Å². The number of ether oxygens (including phenoxy) is 1. The predicted molar refractivity (Wildman–Crippen MR) is 117 cm³/mol. The van der Waals surface area contributed by atoms with Gasteiger partial charge >= 0.3 is 0 Å². The second-order valence-electron chi connectivity index (χ2n) is 7.27. The zero-order valence-corrected chi connectivity index (χ0v) is 17.5. The summed E-state index contributed by atoms with van der Waals surface area (Å²) in [5.74, 6) is 0.838. The highest BCUT2D eigenvalue weighted by atomic mass is 127. The molecule has 140 valence electrons. The van der Waals surface area contributed by atoms with Crippen LogP contribution in [0.2, 0.25) is 0 Å². The molecule has 1 atom stereocenters. The van der Waals surface area contributed by atoms with Crippen LogP contribution < -0.4 is 10.3 Å². The van der Waals surface area contributed by atoms with Crippen LogP contribution >= 0.6 is 22.6 Å². The zero-order valence-electron chi connectivity index (χ0n) is 15.4. The average Bonchev–Trinajstić information content (AvgIpc) is 2.65. The van der Waals surface area contributed by atoms with Gasteiger partial charge in [0.25, 0.3) is 5.56 Å². The van der Waals surface area contributed by atoms with Crippen LogP contribution in [0.15, 0.2) is 53.5 Å². The number of hydrogen-bond donors (Lipinski definition) is 1. The van der Waals surface area contributed by atoms with Crippen LogP contribution in [0.5, 0.6) is 5.75 Å². The van der Waals surface area contributed by atoms with Crippen LogP contribution in [0, 0.1) is 10.5 Å². The topological polar surface area (TPSA) is 45.3 Å². The van der Waals surface area contributed by atoms with Gasteiger partial charge in [-0.05, 0) is 90.2 Å². The first-order chi connectivity index (χ1) is 13.1. The monoisotopic (exact) mass is 474 g/mol. The molecule has 2 aromatic carbocycles.